The third kappa shape index (κ3) is 3.92. The number of halogens is 1. The molecule has 0 aliphatic heterocycles. The number of rotatable bonds is 6. The molecule has 0 aromatic carbocycles. The lowest BCUT2D eigenvalue weighted by Crippen LogP contribution is -2.20. The van der Waals surface area contributed by atoms with Gasteiger partial charge in [-0.3, -0.25) is 4.79 Å². The van der Waals surface area contributed by atoms with Gasteiger partial charge in [0, 0.05) is 30.7 Å². The number of Topliss-reactive ketones (excluding diaryl/α,β-unsaturated/α-hetero) is 1. The van der Waals surface area contributed by atoms with Crippen LogP contribution in [0.15, 0.2) is 12.1 Å². The molecule has 1 unspecified atom stereocenters. The Balaban J connectivity index is 2.82. The van der Waals surface area contributed by atoms with E-state index in [0.29, 0.717) is 16.5 Å². The van der Waals surface area contributed by atoms with E-state index in [2.05, 4.69) is 4.98 Å². The van der Waals surface area contributed by atoms with Crippen LogP contribution in [-0.4, -0.2) is 22.7 Å². The first kappa shape index (κ1) is 14.3. The normalized spacial score (nSPS) is 11.9. The van der Waals surface area contributed by atoms with Crippen LogP contribution in [0.3, 0.4) is 0 Å². The van der Waals surface area contributed by atoms with E-state index in [0.717, 1.165) is 6.21 Å². The van der Waals surface area contributed by atoms with Crippen molar-refractivity contribution in [1.29, 1.82) is 10.8 Å². The van der Waals surface area contributed by atoms with E-state index >= 15 is 0 Å². The molecule has 0 radical (unpaired) electrons. The largest absolute Gasteiger partial charge is 0.384 e. The summed E-state index contributed by atoms with van der Waals surface area (Å²) in [5.41, 5.74) is 6.29. The van der Waals surface area contributed by atoms with E-state index in [1.807, 2.05) is 0 Å². The first-order chi connectivity index (χ1) is 8.43. The molecule has 0 aliphatic carbocycles. The molecule has 0 bridgehead atoms. The van der Waals surface area contributed by atoms with Gasteiger partial charge in [-0.25, -0.2) is 4.98 Å². The van der Waals surface area contributed by atoms with Crippen LogP contribution in [0, 0.1) is 16.7 Å². The van der Waals surface area contributed by atoms with Crippen molar-refractivity contribution in [3.63, 3.8) is 0 Å². The maximum absolute atomic E-state index is 11.0. The minimum absolute atomic E-state index is 0.0557. The number of pyridine rings is 1. The summed E-state index contributed by atoms with van der Waals surface area (Å²) in [5.74, 6) is -0.221. The Labute approximate surface area is 110 Å². The van der Waals surface area contributed by atoms with Gasteiger partial charge in [0.05, 0.1) is 10.7 Å². The van der Waals surface area contributed by atoms with E-state index in [-0.39, 0.29) is 24.3 Å². The molecule has 1 aromatic rings. The Kier molecular flexibility index (Phi) is 4.97. The van der Waals surface area contributed by atoms with Gasteiger partial charge in [0.25, 0.3) is 0 Å². The van der Waals surface area contributed by atoms with E-state index in [1.54, 1.807) is 12.1 Å². The third-order valence-corrected chi connectivity index (χ3v) is 2.80. The predicted octanol–water partition coefficient (Wildman–Crippen LogP) is 2.12. The van der Waals surface area contributed by atoms with Gasteiger partial charge in [0.15, 0.2) is 0 Å². The smallest absolute Gasteiger partial charge is 0.130 e. The van der Waals surface area contributed by atoms with E-state index in [4.69, 9.17) is 28.2 Å². The minimum Gasteiger partial charge on any atom is -0.384 e. The molecule has 1 heterocycles. The molecule has 5 nitrogen and oxygen atoms in total. The fourth-order valence-electron chi connectivity index (χ4n) is 1.53. The van der Waals surface area contributed by atoms with Crippen molar-refractivity contribution in [1.82, 2.24) is 4.98 Å². The van der Waals surface area contributed by atoms with Crippen LogP contribution in [0.5, 0.6) is 0 Å². The lowest BCUT2D eigenvalue weighted by molar-refractivity contribution is -0.117. The first-order valence-electron chi connectivity index (χ1n) is 5.42. The molecule has 6 heteroatoms. The van der Waals surface area contributed by atoms with Gasteiger partial charge >= 0.3 is 0 Å². The van der Waals surface area contributed by atoms with Crippen LogP contribution < -0.4 is 5.73 Å². The maximum Gasteiger partial charge on any atom is 0.130 e. The number of ketones is 1. The Morgan fingerprint density at radius 3 is 2.83 bits per heavy atom. The van der Waals surface area contributed by atoms with E-state index in [1.165, 1.54) is 6.92 Å². The van der Waals surface area contributed by atoms with Crippen molar-refractivity contribution < 1.29 is 4.79 Å². The maximum atomic E-state index is 11.0. The topological polar surface area (TPSA) is 104 Å². The van der Waals surface area contributed by atoms with E-state index in [9.17, 15) is 4.79 Å². The molecule has 1 atom stereocenters. The number of hydrogen-bond acceptors (Lipinski definition) is 5. The molecule has 1 rings (SSSR count). The van der Waals surface area contributed by atoms with Crippen LogP contribution >= 0.6 is 11.6 Å². The molecular formula is C12H15ClN4O. The highest BCUT2D eigenvalue weighted by Crippen LogP contribution is 2.18. The minimum atomic E-state index is -0.498. The van der Waals surface area contributed by atoms with Gasteiger partial charge in [0.2, 0.25) is 0 Å². The fourth-order valence-corrected chi connectivity index (χ4v) is 1.70. The first-order valence-corrected chi connectivity index (χ1v) is 5.80. The summed E-state index contributed by atoms with van der Waals surface area (Å²) < 4.78 is 0. The zero-order chi connectivity index (χ0) is 13.7. The van der Waals surface area contributed by atoms with Gasteiger partial charge in [-0.2, -0.15) is 0 Å². The number of anilines is 1. The average Bonchev–Trinajstić information content (AvgIpc) is 2.30. The summed E-state index contributed by atoms with van der Waals surface area (Å²) in [6.45, 7) is 1.44. The third-order valence-electron chi connectivity index (χ3n) is 2.45. The molecule has 96 valence electrons. The number of nitrogens with two attached hydrogens (primary N) is 1. The molecule has 1 aromatic heterocycles. The monoisotopic (exact) mass is 266 g/mol. The molecule has 0 aliphatic rings. The summed E-state index contributed by atoms with van der Waals surface area (Å²) in [7, 11) is 0. The summed E-state index contributed by atoms with van der Waals surface area (Å²) >= 11 is 5.96. The number of carbonyl (C=O) groups excluding carboxylic acids is 1. The van der Waals surface area contributed by atoms with Crippen molar-refractivity contribution in [2.24, 2.45) is 5.92 Å². The molecule has 18 heavy (non-hydrogen) atoms. The van der Waals surface area contributed by atoms with Gasteiger partial charge in [-0.1, -0.05) is 11.6 Å². The van der Waals surface area contributed by atoms with Gasteiger partial charge in [-0.05, 0) is 19.1 Å². The fraction of sp³-hybridized carbons (Fsp3) is 0.333. The van der Waals surface area contributed by atoms with Crippen LogP contribution in [0.1, 0.15) is 19.0 Å². The average molecular weight is 267 g/mol. The highest BCUT2D eigenvalue weighted by molar-refractivity contribution is 6.31. The highest BCUT2D eigenvalue weighted by atomic mass is 35.5. The van der Waals surface area contributed by atoms with Gasteiger partial charge in [0.1, 0.15) is 11.6 Å². The lowest BCUT2D eigenvalue weighted by Gasteiger charge is -2.12. The summed E-state index contributed by atoms with van der Waals surface area (Å²) in [6.07, 6.45) is 1.45. The van der Waals surface area contributed by atoms with Crippen molar-refractivity contribution in [3.8, 4) is 0 Å². The second-order valence-electron chi connectivity index (χ2n) is 4.05. The van der Waals surface area contributed by atoms with Crippen LogP contribution in [0.2, 0.25) is 5.02 Å². The van der Waals surface area contributed by atoms with Crippen LogP contribution in [-0.2, 0) is 11.2 Å². The van der Waals surface area contributed by atoms with Gasteiger partial charge < -0.3 is 16.6 Å². The molecule has 0 fully saturated rings. The predicted molar refractivity (Wildman–Crippen MR) is 72.7 cm³/mol. The second kappa shape index (κ2) is 6.26. The number of nitrogens with one attached hydrogen (secondary N) is 2. The molecule has 0 amide bonds. The van der Waals surface area contributed by atoms with Crippen molar-refractivity contribution in [2.75, 3.05) is 5.73 Å². The Morgan fingerprint density at radius 1 is 1.61 bits per heavy atom. The molecule has 0 saturated heterocycles. The number of aromatic nitrogens is 1. The summed E-state index contributed by atoms with van der Waals surface area (Å²) in [5, 5.41) is 15.6. The molecule has 0 saturated carbocycles. The second-order valence-corrected chi connectivity index (χ2v) is 4.45. The van der Waals surface area contributed by atoms with Crippen LogP contribution in [0.25, 0.3) is 0 Å². The highest BCUT2D eigenvalue weighted by Gasteiger charge is 2.16. The number of hydrogen-bond donors (Lipinski definition) is 3. The Morgan fingerprint density at radius 2 is 2.28 bits per heavy atom. The standard InChI is InChI=1S/C12H15ClN4O/c1-7(18)4-8(6-14)10(15)5-11-9(13)2-3-12(16)17-11/h2-3,6,8,14-15H,4-5H2,1H3,(H2,16,17). The summed E-state index contributed by atoms with van der Waals surface area (Å²) in [4.78, 5) is 15.1. The lowest BCUT2D eigenvalue weighted by atomic mass is 9.95. The number of nitrogen functional groups attached to an aromatic ring is 1. The van der Waals surface area contributed by atoms with E-state index < -0.39 is 5.92 Å². The molecule has 4 N–H and O–H groups in total. The number of carbonyl (C=O) groups is 1. The SMILES string of the molecule is CC(=O)CC(C=N)C(=N)Cc1nc(N)ccc1Cl. The number of nitrogens with zero attached hydrogens (tertiary/aromatic N) is 1. The van der Waals surface area contributed by atoms with Crippen molar-refractivity contribution in [2.45, 2.75) is 19.8 Å². The van der Waals surface area contributed by atoms with Gasteiger partial charge in [-0.15, -0.1) is 0 Å². The Bertz CT molecular complexity index is 487. The zero-order valence-corrected chi connectivity index (χ0v) is 10.8. The quantitative estimate of drug-likeness (QED) is 0.687. The summed E-state index contributed by atoms with van der Waals surface area (Å²) in [6, 6.07) is 3.20. The Hall–Kier alpha value is -1.75. The molecule has 0 spiro atoms. The molecular weight excluding hydrogens is 252 g/mol. The van der Waals surface area contributed by atoms with Crippen LogP contribution in [0.4, 0.5) is 5.82 Å². The van der Waals surface area contributed by atoms with Crippen molar-refractivity contribution in [3.05, 3.63) is 22.8 Å². The zero-order valence-electron chi connectivity index (χ0n) is 10.0. The van der Waals surface area contributed by atoms with Crippen molar-refractivity contribution >= 4 is 35.1 Å².